The van der Waals surface area contributed by atoms with E-state index < -0.39 is 0 Å². The van der Waals surface area contributed by atoms with Crippen LogP contribution in [-0.4, -0.2) is 12.1 Å². The van der Waals surface area contributed by atoms with Gasteiger partial charge in [-0.25, -0.2) is 0 Å². The SMILES string of the molecule is COc1ccc2cccnc2c1I. The van der Waals surface area contributed by atoms with Crippen molar-refractivity contribution < 1.29 is 4.74 Å². The molecule has 0 bridgehead atoms. The first-order chi connectivity index (χ1) is 6.33. The predicted molar refractivity (Wildman–Crippen MR) is 61.0 cm³/mol. The first kappa shape index (κ1) is 8.74. The van der Waals surface area contributed by atoms with Crippen LogP contribution in [0.1, 0.15) is 0 Å². The van der Waals surface area contributed by atoms with Crippen LogP contribution in [0, 0.1) is 3.57 Å². The summed E-state index contributed by atoms with van der Waals surface area (Å²) in [5.74, 6) is 0.881. The normalized spacial score (nSPS) is 10.3. The fraction of sp³-hybridized carbons (Fsp3) is 0.100. The number of fused-ring (bicyclic) bond motifs is 1. The number of pyridine rings is 1. The fourth-order valence-corrected chi connectivity index (χ4v) is 2.10. The summed E-state index contributed by atoms with van der Waals surface area (Å²) in [7, 11) is 1.67. The molecule has 0 N–H and O–H groups in total. The summed E-state index contributed by atoms with van der Waals surface area (Å²) in [4.78, 5) is 4.30. The van der Waals surface area contributed by atoms with Crippen LogP contribution in [0.15, 0.2) is 30.5 Å². The van der Waals surface area contributed by atoms with E-state index in [1.807, 2.05) is 24.3 Å². The van der Waals surface area contributed by atoms with Crippen molar-refractivity contribution in [2.24, 2.45) is 0 Å². The highest BCUT2D eigenvalue weighted by molar-refractivity contribution is 14.1. The lowest BCUT2D eigenvalue weighted by atomic mass is 10.2. The number of ether oxygens (including phenoxy) is 1. The molecule has 1 aromatic carbocycles. The molecule has 2 aromatic rings. The third-order valence-electron chi connectivity index (χ3n) is 1.90. The third-order valence-corrected chi connectivity index (χ3v) is 2.94. The highest BCUT2D eigenvalue weighted by atomic mass is 127. The maximum Gasteiger partial charge on any atom is 0.134 e. The van der Waals surface area contributed by atoms with E-state index >= 15 is 0 Å². The summed E-state index contributed by atoms with van der Waals surface area (Å²) in [5, 5.41) is 1.15. The molecule has 0 aliphatic heterocycles. The van der Waals surface area contributed by atoms with Crippen molar-refractivity contribution in [3.8, 4) is 5.75 Å². The Morgan fingerprint density at radius 3 is 2.92 bits per heavy atom. The second-order valence-electron chi connectivity index (χ2n) is 2.66. The molecular weight excluding hydrogens is 277 g/mol. The lowest BCUT2D eigenvalue weighted by Crippen LogP contribution is -1.89. The molecule has 0 saturated heterocycles. The Balaban J connectivity index is 2.79. The molecule has 0 saturated carbocycles. The highest BCUT2D eigenvalue weighted by Crippen LogP contribution is 2.27. The van der Waals surface area contributed by atoms with Gasteiger partial charge in [0.15, 0.2) is 0 Å². The second kappa shape index (κ2) is 3.49. The molecule has 2 rings (SSSR count). The second-order valence-corrected chi connectivity index (χ2v) is 3.74. The van der Waals surface area contributed by atoms with E-state index in [0.29, 0.717) is 0 Å². The Bertz CT molecular complexity index is 442. The summed E-state index contributed by atoms with van der Waals surface area (Å²) in [6.07, 6.45) is 1.80. The van der Waals surface area contributed by atoms with E-state index in [9.17, 15) is 0 Å². The van der Waals surface area contributed by atoms with Gasteiger partial charge in [0, 0.05) is 11.6 Å². The van der Waals surface area contributed by atoms with Crippen LogP contribution in [0.2, 0.25) is 0 Å². The van der Waals surface area contributed by atoms with Crippen molar-refractivity contribution >= 4 is 33.5 Å². The average molecular weight is 285 g/mol. The van der Waals surface area contributed by atoms with Crippen LogP contribution in [0.4, 0.5) is 0 Å². The minimum absolute atomic E-state index is 0.881. The van der Waals surface area contributed by atoms with E-state index in [1.165, 1.54) is 0 Å². The summed E-state index contributed by atoms with van der Waals surface area (Å²) in [6, 6.07) is 7.96. The van der Waals surface area contributed by atoms with Crippen molar-refractivity contribution in [3.63, 3.8) is 0 Å². The molecule has 3 heteroatoms. The minimum atomic E-state index is 0.881. The topological polar surface area (TPSA) is 22.1 Å². The molecular formula is C10H8INO. The van der Waals surface area contributed by atoms with Gasteiger partial charge in [0.2, 0.25) is 0 Å². The van der Waals surface area contributed by atoms with Crippen LogP contribution in [0.25, 0.3) is 10.9 Å². The summed E-state index contributed by atoms with van der Waals surface area (Å²) < 4.78 is 6.27. The lowest BCUT2D eigenvalue weighted by molar-refractivity contribution is 0.412. The van der Waals surface area contributed by atoms with Crippen molar-refractivity contribution in [2.45, 2.75) is 0 Å². The van der Waals surface area contributed by atoms with Crippen molar-refractivity contribution in [1.29, 1.82) is 0 Å². The van der Waals surface area contributed by atoms with Gasteiger partial charge in [0.25, 0.3) is 0 Å². The van der Waals surface area contributed by atoms with Gasteiger partial charge >= 0.3 is 0 Å². The van der Waals surface area contributed by atoms with Gasteiger partial charge in [-0.2, -0.15) is 0 Å². The molecule has 0 aliphatic rings. The zero-order valence-corrected chi connectivity index (χ0v) is 9.28. The van der Waals surface area contributed by atoms with Crippen molar-refractivity contribution in [3.05, 3.63) is 34.0 Å². The zero-order chi connectivity index (χ0) is 9.26. The molecule has 1 aromatic heterocycles. The summed E-state index contributed by atoms with van der Waals surface area (Å²) >= 11 is 2.25. The molecule has 1 heterocycles. The number of halogens is 1. The van der Waals surface area contributed by atoms with E-state index in [4.69, 9.17) is 4.74 Å². The van der Waals surface area contributed by atoms with Crippen molar-refractivity contribution in [2.75, 3.05) is 7.11 Å². The predicted octanol–water partition coefficient (Wildman–Crippen LogP) is 2.85. The Labute approximate surface area is 90.1 Å². The maximum atomic E-state index is 5.21. The molecule has 0 radical (unpaired) electrons. The number of methoxy groups -OCH3 is 1. The van der Waals surface area contributed by atoms with Crippen LogP contribution in [0.5, 0.6) is 5.75 Å². The Kier molecular flexibility index (Phi) is 2.35. The molecule has 0 atom stereocenters. The number of hydrogen-bond donors (Lipinski definition) is 0. The number of benzene rings is 1. The minimum Gasteiger partial charge on any atom is -0.496 e. The van der Waals surface area contributed by atoms with E-state index in [1.54, 1.807) is 13.3 Å². The molecule has 66 valence electrons. The van der Waals surface area contributed by atoms with Crippen LogP contribution in [-0.2, 0) is 0 Å². The number of hydrogen-bond acceptors (Lipinski definition) is 2. The van der Waals surface area contributed by atoms with E-state index in [2.05, 4.69) is 27.6 Å². The van der Waals surface area contributed by atoms with Gasteiger partial charge in [-0.05, 0) is 40.8 Å². The zero-order valence-electron chi connectivity index (χ0n) is 7.12. The molecule has 0 unspecified atom stereocenters. The number of rotatable bonds is 1. The number of nitrogens with zero attached hydrogens (tertiary/aromatic N) is 1. The van der Waals surface area contributed by atoms with Crippen LogP contribution >= 0.6 is 22.6 Å². The average Bonchev–Trinajstić information content (AvgIpc) is 2.19. The van der Waals surface area contributed by atoms with Gasteiger partial charge in [-0.15, -0.1) is 0 Å². The van der Waals surface area contributed by atoms with Gasteiger partial charge in [-0.3, -0.25) is 4.98 Å². The molecule has 0 amide bonds. The first-order valence-electron chi connectivity index (χ1n) is 3.90. The lowest BCUT2D eigenvalue weighted by Gasteiger charge is -2.04. The molecule has 0 aliphatic carbocycles. The van der Waals surface area contributed by atoms with E-state index in [-0.39, 0.29) is 0 Å². The Hall–Kier alpha value is -0.840. The smallest absolute Gasteiger partial charge is 0.134 e. The highest BCUT2D eigenvalue weighted by Gasteiger charge is 2.04. The van der Waals surface area contributed by atoms with Gasteiger partial charge < -0.3 is 4.74 Å². The summed E-state index contributed by atoms with van der Waals surface area (Å²) in [6.45, 7) is 0. The van der Waals surface area contributed by atoms with Gasteiger partial charge in [0.05, 0.1) is 16.2 Å². The summed E-state index contributed by atoms with van der Waals surface area (Å²) in [5.41, 5.74) is 1.00. The van der Waals surface area contributed by atoms with Crippen LogP contribution < -0.4 is 4.74 Å². The van der Waals surface area contributed by atoms with Crippen molar-refractivity contribution in [1.82, 2.24) is 4.98 Å². The van der Waals surface area contributed by atoms with E-state index in [0.717, 1.165) is 20.2 Å². The molecule has 0 spiro atoms. The standard InChI is InChI=1S/C10H8INO/c1-13-8-5-4-7-3-2-6-12-10(7)9(8)11/h2-6H,1H3. The quantitative estimate of drug-likeness (QED) is 0.752. The van der Waals surface area contributed by atoms with Gasteiger partial charge in [-0.1, -0.05) is 6.07 Å². The third kappa shape index (κ3) is 1.48. The van der Waals surface area contributed by atoms with Gasteiger partial charge in [0.1, 0.15) is 5.75 Å². The maximum absolute atomic E-state index is 5.21. The van der Waals surface area contributed by atoms with Crippen LogP contribution in [0.3, 0.4) is 0 Å². The Morgan fingerprint density at radius 2 is 2.15 bits per heavy atom. The first-order valence-corrected chi connectivity index (χ1v) is 4.98. The molecule has 0 fully saturated rings. The largest absolute Gasteiger partial charge is 0.496 e. The fourth-order valence-electron chi connectivity index (χ4n) is 1.25. The molecule has 13 heavy (non-hydrogen) atoms. The number of aromatic nitrogens is 1. The Morgan fingerprint density at radius 1 is 1.31 bits per heavy atom. The molecule has 2 nitrogen and oxygen atoms in total. The monoisotopic (exact) mass is 285 g/mol.